The number of hydrogen-bond donors (Lipinski definition) is 2. The van der Waals surface area contributed by atoms with Crippen molar-refractivity contribution in [2.45, 2.75) is 45.2 Å². The molecule has 5 heteroatoms. The third kappa shape index (κ3) is 2.51. The van der Waals surface area contributed by atoms with Crippen LogP contribution in [0.15, 0.2) is 0 Å². The number of nitrogens with one attached hydrogen (secondary N) is 1. The Kier molecular flexibility index (Phi) is 3.90. The summed E-state index contributed by atoms with van der Waals surface area (Å²) < 4.78 is 0. The summed E-state index contributed by atoms with van der Waals surface area (Å²) in [7, 11) is 0. The number of nitrogens with two attached hydrogens (primary N) is 1. The SMILES string of the molecule is CC(C)C[C@@H](N)C(=O)N1CCCC2C(=O)NCC21. The lowest BCUT2D eigenvalue weighted by Crippen LogP contribution is -2.54. The Morgan fingerprint density at radius 1 is 1.56 bits per heavy atom. The van der Waals surface area contributed by atoms with Gasteiger partial charge < -0.3 is 16.0 Å². The highest BCUT2D eigenvalue weighted by Crippen LogP contribution is 2.28. The van der Waals surface area contributed by atoms with Crippen molar-refractivity contribution in [3.05, 3.63) is 0 Å². The van der Waals surface area contributed by atoms with E-state index in [-0.39, 0.29) is 23.8 Å². The van der Waals surface area contributed by atoms with Crippen LogP contribution in [0.25, 0.3) is 0 Å². The fraction of sp³-hybridized carbons (Fsp3) is 0.846. The lowest BCUT2D eigenvalue weighted by atomic mass is 9.90. The number of carbonyl (C=O) groups excluding carboxylic acids is 2. The molecule has 2 unspecified atom stereocenters. The monoisotopic (exact) mass is 253 g/mol. The zero-order chi connectivity index (χ0) is 13.3. The molecule has 0 saturated carbocycles. The molecule has 0 spiro atoms. The van der Waals surface area contributed by atoms with E-state index in [2.05, 4.69) is 19.2 Å². The Balaban J connectivity index is 2.03. The Bertz CT molecular complexity index is 343. The number of nitrogens with zero attached hydrogens (tertiary/aromatic N) is 1. The van der Waals surface area contributed by atoms with Gasteiger partial charge in [-0.15, -0.1) is 0 Å². The van der Waals surface area contributed by atoms with Gasteiger partial charge in [0.05, 0.1) is 18.0 Å². The molecule has 18 heavy (non-hydrogen) atoms. The molecule has 2 aliphatic heterocycles. The predicted molar refractivity (Wildman–Crippen MR) is 68.7 cm³/mol. The smallest absolute Gasteiger partial charge is 0.239 e. The second kappa shape index (κ2) is 5.26. The number of hydrogen-bond acceptors (Lipinski definition) is 3. The highest BCUT2D eigenvalue weighted by atomic mass is 16.2. The molecule has 2 heterocycles. The molecule has 0 bridgehead atoms. The summed E-state index contributed by atoms with van der Waals surface area (Å²) in [6, 6.07) is -0.406. The third-order valence-electron chi connectivity index (χ3n) is 3.93. The second-order valence-corrected chi connectivity index (χ2v) is 5.83. The topological polar surface area (TPSA) is 75.4 Å². The van der Waals surface area contributed by atoms with Crippen molar-refractivity contribution < 1.29 is 9.59 Å². The van der Waals surface area contributed by atoms with Crippen LogP contribution in [0.1, 0.15) is 33.1 Å². The minimum atomic E-state index is -0.431. The first-order valence-corrected chi connectivity index (χ1v) is 6.84. The van der Waals surface area contributed by atoms with Crippen molar-refractivity contribution in [1.82, 2.24) is 10.2 Å². The van der Waals surface area contributed by atoms with Crippen LogP contribution >= 0.6 is 0 Å². The number of piperidine rings is 1. The fourth-order valence-corrected chi connectivity index (χ4v) is 3.05. The molecule has 5 nitrogen and oxygen atoms in total. The maximum atomic E-state index is 12.3. The van der Waals surface area contributed by atoms with Gasteiger partial charge in [-0.25, -0.2) is 0 Å². The summed E-state index contributed by atoms with van der Waals surface area (Å²) in [6.45, 7) is 5.45. The van der Waals surface area contributed by atoms with Crippen LogP contribution in [0.3, 0.4) is 0 Å². The summed E-state index contributed by atoms with van der Waals surface area (Å²) in [6.07, 6.45) is 2.49. The average Bonchev–Trinajstić information content (AvgIpc) is 2.69. The molecule has 2 amide bonds. The molecule has 3 atom stereocenters. The second-order valence-electron chi connectivity index (χ2n) is 5.83. The maximum Gasteiger partial charge on any atom is 0.239 e. The number of carbonyl (C=O) groups is 2. The lowest BCUT2D eigenvalue weighted by molar-refractivity contribution is -0.138. The minimum Gasteiger partial charge on any atom is -0.354 e. The Hall–Kier alpha value is -1.10. The molecule has 0 aromatic heterocycles. The molecule has 3 N–H and O–H groups in total. The van der Waals surface area contributed by atoms with Crippen molar-refractivity contribution in [2.75, 3.05) is 13.1 Å². The molecule has 0 aliphatic carbocycles. The van der Waals surface area contributed by atoms with E-state index >= 15 is 0 Å². The molecule has 2 saturated heterocycles. The van der Waals surface area contributed by atoms with Crippen LogP contribution < -0.4 is 11.1 Å². The van der Waals surface area contributed by atoms with Crippen molar-refractivity contribution in [1.29, 1.82) is 0 Å². The molecule has 102 valence electrons. The normalized spacial score (nSPS) is 29.1. The van der Waals surface area contributed by atoms with Gasteiger partial charge in [0, 0.05) is 13.1 Å². The number of likely N-dealkylation sites (tertiary alicyclic amines) is 1. The summed E-state index contributed by atoms with van der Waals surface area (Å²) in [4.78, 5) is 25.8. The summed E-state index contributed by atoms with van der Waals surface area (Å²) >= 11 is 0. The standard InChI is InChI=1S/C13H23N3O2/c1-8(2)6-10(14)13(18)16-5-3-4-9-11(16)7-15-12(9)17/h8-11H,3-7,14H2,1-2H3,(H,15,17)/t9?,10-,11?/m1/s1. The molecule has 0 aromatic rings. The molecule has 2 rings (SSSR count). The largest absolute Gasteiger partial charge is 0.354 e. The van der Waals surface area contributed by atoms with Crippen LogP contribution in [0.5, 0.6) is 0 Å². The first-order chi connectivity index (χ1) is 8.50. The zero-order valence-electron chi connectivity index (χ0n) is 11.2. The molecule has 2 fully saturated rings. The molecular weight excluding hydrogens is 230 g/mol. The highest BCUT2D eigenvalue weighted by molar-refractivity contribution is 5.86. The van der Waals surface area contributed by atoms with Gasteiger partial charge in [0.15, 0.2) is 0 Å². The Morgan fingerprint density at radius 2 is 2.28 bits per heavy atom. The molecule has 0 radical (unpaired) electrons. The van der Waals surface area contributed by atoms with E-state index in [1.807, 2.05) is 4.90 Å². The van der Waals surface area contributed by atoms with Gasteiger partial charge in [-0.05, 0) is 25.2 Å². The van der Waals surface area contributed by atoms with Crippen LogP contribution in [0, 0.1) is 11.8 Å². The van der Waals surface area contributed by atoms with E-state index in [4.69, 9.17) is 5.73 Å². The van der Waals surface area contributed by atoms with E-state index in [9.17, 15) is 9.59 Å². The van der Waals surface area contributed by atoms with Crippen LogP contribution in [-0.4, -0.2) is 41.9 Å². The first-order valence-electron chi connectivity index (χ1n) is 6.84. The van der Waals surface area contributed by atoms with Crippen molar-refractivity contribution in [3.63, 3.8) is 0 Å². The molecular formula is C13H23N3O2. The predicted octanol–water partition coefficient (Wildman–Crippen LogP) is 0.0968. The average molecular weight is 253 g/mol. The Morgan fingerprint density at radius 3 is 2.94 bits per heavy atom. The first kappa shape index (κ1) is 13.3. The fourth-order valence-electron chi connectivity index (χ4n) is 3.05. The van der Waals surface area contributed by atoms with Gasteiger partial charge in [-0.3, -0.25) is 9.59 Å². The van der Waals surface area contributed by atoms with E-state index in [0.717, 1.165) is 19.4 Å². The highest BCUT2D eigenvalue weighted by Gasteiger charge is 2.43. The lowest BCUT2D eigenvalue weighted by Gasteiger charge is -2.37. The van der Waals surface area contributed by atoms with Gasteiger partial charge in [0.1, 0.15) is 0 Å². The number of fused-ring (bicyclic) bond motifs is 1. The van der Waals surface area contributed by atoms with Crippen molar-refractivity contribution in [2.24, 2.45) is 17.6 Å². The summed E-state index contributed by atoms with van der Waals surface area (Å²) in [5.41, 5.74) is 5.97. The van der Waals surface area contributed by atoms with Crippen LogP contribution in [-0.2, 0) is 9.59 Å². The van der Waals surface area contributed by atoms with Crippen LogP contribution in [0.2, 0.25) is 0 Å². The van der Waals surface area contributed by atoms with Gasteiger partial charge in [0.2, 0.25) is 11.8 Å². The van der Waals surface area contributed by atoms with Crippen molar-refractivity contribution in [3.8, 4) is 0 Å². The third-order valence-corrected chi connectivity index (χ3v) is 3.93. The van der Waals surface area contributed by atoms with E-state index < -0.39 is 6.04 Å². The summed E-state index contributed by atoms with van der Waals surface area (Å²) in [5, 5.41) is 2.85. The minimum absolute atomic E-state index is 0.00917. The van der Waals surface area contributed by atoms with Gasteiger partial charge >= 0.3 is 0 Å². The van der Waals surface area contributed by atoms with E-state index in [1.54, 1.807) is 0 Å². The van der Waals surface area contributed by atoms with Gasteiger partial charge in [-0.1, -0.05) is 13.8 Å². The maximum absolute atomic E-state index is 12.3. The molecule has 2 aliphatic rings. The number of rotatable bonds is 3. The van der Waals surface area contributed by atoms with Crippen LogP contribution in [0.4, 0.5) is 0 Å². The van der Waals surface area contributed by atoms with E-state index in [0.29, 0.717) is 18.9 Å². The molecule has 0 aromatic carbocycles. The number of amides is 2. The zero-order valence-corrected chi connectivity index (χ0v) is 11.2. The summed E-state index contributed by atoms with van der Waals surface area (Å²) in [5.74, 6) is 0.492. The Labute approximate surface area is 108 Å². The quantitative estimate of drug-likeness (QED) is 0.749. The van der Waals surface area contributed by atoms with Gasteiger partial charge in [-0.2, -0.15) is 0 Å². The van der Waals surface area contributed by atoms with E-state index in [1.165, 1.54) is 0 Å². The van der Waals surface area contributed by atoms with Crippen molar-refractivity contribution >= 4 is 11.8 Å². The van der Waals surface area contributed by atoms with Gasteiger partial charge in [0.25, 0.3) is 0 Å².